The van der Waals surface area contributed by atoms with Crippen molar-refractivity contribution in [3.8, 4) is 11.5 Å². The van der Waals surface area contributed by atoms with Gasteiger partial charge in [0.1, 0.15) is 5.69 Å². The van der Waals surface area contributed by atoms with Crippen LogP contribution in [0.15, 0.2) is 46.4 Å². The molecule has 1 aliphatic heterocycles. The summed E-state index contributed by atoms with van der Waals surface area (Å²) in [7, 11) is -0.818. The van der Waals surface area contributed by atoms with Crippen molar-refractivity contribution in [2.75, 3.05) is 45.9 Å². The summed E-state index contributed by atoms with van der Waals surface area (Å²) in [6, 6.07) is 8.91. The fourth-order valence-electron chi connectivity index (χ4n) is 3.12. The first-order valence-electron chi connectivity index (χ1n) is 9.67. The quantitative estimate of drug-likeness (QED) is 0.358. The molecule has 0 amide bonds. The highest BCUT2D eigenvalue weighted by atomic mass is 32.2. The number of morpholine rings is 1. The maximum absolute atomic E-state index is 12.8. The summed E-state index contributed by atoms with van der Waals surface area (Å²) in [4.78, 5) is 10.8. The normalized spacial score (nSPS) is 15.3. The summed E-state index contributed by atoms with van der Waals surface area (Å²) in [5, 5.41) is 15.8. The Morgan fingerprint density at radius 2 is 1.81 bits per heavy atom. The fourth-order valence-corrected chi connectivity index (χ4v) is 4.55. The average Bonchev–Trinajstić information content (AvgIpc) is 2.82. The van der Waals surface area contributed by atoms with Crippen molar-refractivity contribution in [2.45, 2.75) is 11.8 Å². The predicted molar refractivity (Wildman–Crippen MR) is 118 cm³/mol. The minimum atomic E-state index is -3.86. The molecule has 12 heteroatoms. The SMILES string of the molecule is COc1ccc(/C(C)=N/Nc2ccc(S(=O)(=O)N3CCOCC3)cc2[N+](=O)[O-])cc1OC. The van der Waals surface area contributed by atoms with Gasteiger partial charge >= 0.3 is 0 Å². The van der Waals surface area contributed by atoms with Crippen LogP contribution in [0.2, 0.25) is 0 Å². The molecule has 3 rings (SSSR count). The molecular formula is C20H24N4O7S. The lowest BCUT2D eigenvalue weighted by molar-refractivity contribution is -0.384. The van der Waals surface area contributed by atoms with Crippen LogP contribution >= 0.6 is 0 Å². The van der Waals surface area contributed by atoms with Crippen LogP contribution in [0.1, 0.15) is 12.5 Å². The highest BCUT2D eigenvalue weighted by molar-refractivity contribution is 7.89. The number of rotatable bonds is 8. The summed E-state index contributed by atoms with van der Waals surface area (Å²) in [5.41, 5.74) is 3.57. The minimum Gasteiger partial charge on any atom is -0.493 e. The molecule has 1 heterocycles. The molecule has 32 heavy (non-hydrogen) atoms. The van der Waals surface area contributed by atoms with E-state index in [-0.39, 0.29) is 36.9 Å². The van der Waals surface area contributed by atoms with E-state index in [1.165, 1.54) is 30.7 Å². The van der Waals surface area contributed by atoms with Crippen LogP contribution < -0.4 is 14.9 Å². The lowest BCUT2D eigenvalue weighted by Gasteiger charge is -2.26. The summed E-state index contributed by atoms with van der Waals surface area (Å²) < 4.78 is 42.5. The zero-order valence-corrected chi connectivity index (χ0v) is 18.7. The van der Waals surface area contributed by atoms with E-state index in [1.807, 2.05) is 0 Å². The monoisotopic (exact) mass is 464 g/mol. The van der Waals surface area contributed by atoms with E-state index in [4.69, 9.17) is 14.2 Å². The van der Waals surface area contributed by atoms with Gasteiger partial charge in [-0.3, -0.25) is 15.5 Å². The van der Waals surface area contributed by atoms with Crippen LogP contribution in [-0.2, 0) is 14.8 Å². The molecule has 0 spiro atoms. The zero-order valence-electron chi connectivity index (χ0n) is 17.9. The number of hydrogen-bond donors (Lipinski definition) is 1. The number of methoxy groups -OCH3 is 2. The smallest absolute Gasteiger partial charge is 0.295 e. The van der Waals surface area contributed by atoms with E-state index in [1.54, 1.807) is 25.1 Å². The van der Waals surface area contributed by atoms with Gasteiger partial charge in [0.15, 0.2) is 11.5 Å². The van der Waals surface area contributed by atoms with Crippen LogP contribution in [0, 0.1) is 10.1 Å². The van der Waals surface area contributed by atoms with Crippen molar-refractivity contribution in [1.29, 1.82) is 0 Å². The molecule has 11 nitrogen and oxygen atoms in total. The number of nitro groups is 1. The number of nitrogens with zero attached hydrogens (tertiary/aromatic N) is 3. The van der Waals surface area contributed by atoms with E-state index >= 15 is 0 Å². The number of hydrogen-bond acceptors (Lipinski definition) is 9. The number of hydrazone groups is 1. The van der Waals surface area contributed by atoms with Crippen LogP contribution in [0.5, 0.6) is 11.5 Å². The van der Waals surface area contributed by atoms with Crippen molar-refractivity contribution < 1.29 is 27.6 Å². The third-order valence-electron chi connectivity index (χ3n) is 4.92. The van der Waals surface area contributed by atoms with Gasteiger partial charge in [-0.1, -0.05) is 0 Å². The molecule has 0 aromatic heterocycles. The van der Waals surface area contributed by atoms with Crippen molar-refractivity contribution in [3.05, 3.63) is 52.1 Å². The topological polar surface area (TPSA) is 133 Å². The van der Waals surface area contributed by atoms with Gasteiger partial charge in [-0.2, -0.15) is 9.41 Å². The van der Waals surface area contributed by atoms with E-state index in [0.29, 0.717) is 22.8 Å². The van der Waals surface area contributed by atoms with Gasteiger partial charge in [0.05, 0.1) is 43.0 Å². The number of sulfonamides is 1. The maximum atomic E-state index is 12.8. The molecule has 1 saturated heterocycles. The average molecular weight is 465 g/mol. The molecule has 1 fully saturated rings. The van der Waals surface area contributed by atoms with Gasteiger partial charge in [0.2, 0.25) is 10.0 Å². The number of benzene rings is 2. The third-order valence-corrected chi connectivity index (χ3v) is 6.81. The van der Waals surface area contributed by atoms with Gasteiger partial charge in [0.25, 0.3) is 5.69 Å². The first kappa shape index (κ1) is 23.4. The van der Waals surface area contributed by atoms with Crippen LogP contribution in [0.4, 0.5) is 11.4 Å². The Hall–Kier alpha value is -3.22. The number of ether oxygens (including phenoxy) is 3. The van der Waals surface area contributed by atoms with Crippen molar-refractivity contribution in [3.63, 3.8) is 0 Å². The Kier molecular flexibility index (Phi) is 7.28. The number of nitro benzene ring substituents is 1. The molecule has 2 aromatic carbocycles. The first-order chi connectivity index (χ1) is 15.3. The second-order valence-corrected chi connectivity index (χ2v) is 8.77. The van der Waals surface area contributed by atoms with Crippen molar-refractivity contribution in [2.24, 2.45) is 5.10 Å². The minimum absolute atomic E-state index is 0.0655. The molecule has 0 atom stereocenters. The molecular weight excluding hydrogens is 440 g/mol. The van der Waals surface area contributed by atoms with Crippen LogP contribution in [0.3, 0.4) is 0 Å². The van der Waals surface area contributed by atoms with Gasteiger partial charge in [-0.15, -0.1) is 0 Å². The second kappa shape index (κ2) is 9.94. The summed E-state index contributed by atoms with van der Waals surface area (Å²) in [6.45, 7) is 2.68. The largest absolute Gasteiger partial charge is 0.493 e. The van der Waals surface area contributed by atoms with E-state index in [0.717, 1.165) is 6.07 Å². The summed E-state index contributed by atoms with van der Waals surface area (Å²) >= 11 is 0. The Labute approximate surface area is 185 Å². The third kappa shape index (κ3) is 4.98. The van der Waals surface area contributed by atoms with Crippen LogP contribution in [-0.4, -0.2) is 63.9 Å². The molecule has 1 N–H and O–H groups in total. The maximum Gasteiger partial charge on any atom is 0.295 e. The standard InChI is InChI=1S/C20H24N4O7S/c1-14(15-4-7-19(29-2)20(12-15)30-3)21-22-17-6-5-16(13-18(17)24(25)26)32(27,28)23-8-10-31-11-9-23/h4-7,12-13,22H,8-11H2,1-3H3/b21-14+. The lowest BCUT2D eigenvalue weighted by Crippen LogP contribution is -2.40. The molecule has 0 radical (unpaired) electrons. The molecule has 0 bridgehead atoms. The molecule has 2 aromatic rings. The zero-order chi connectivity index (χ0) is 23.3. The molecule has 1 aliphatic rings. The Balaban J connectivity index is 1.87. The van der Waals surface area contributed by atoms with E-state index in [9.17, 15) is 18.5 Å². The van der Waals surface area contributed by atoms with Crippen molar-refractivity contribution >= 4 is 27.1 Å². The second-order valence-electron chi connectivity index (χ2n) is 6.83. The molecule has 0 saturated carbocycles. The lowest BCUT2D eigenvalue weighted by atomic mass is 10.1. The number of anilines is 1. The van der Waals surface area contributed by atoms with Gasteiger partial charge in [-0.25, -0.2) is 8.42 Å². The Morgan fingerprint density at radius 1 is 1.12 bits per heavy atom. The molecule has 0 unspecified atom stereocenters. The van der Waals surface area contributed by atoms with Gasteiger partial charge < -0.3 is 14.2 Å². The number of nitrogens with one attached hydrogen (secondary N) is 1. The van der Waals surface area contributed by atoms with Crippen LogP contribution in [0.25, 0.3) is 0 Å². The molecule has 0 aliphatic carbocycles. The van der Waals surface area contributed by atoms with Gasteiger partial charge in [0, 0.05) is 24.7 Å². The van der Waals surface area contributed by atoms with E-state index in [2.05, 4.69) is 10.5 Å². The molecule has 172 valence electrons. The highest BCUT2D eigenvalue weighted by Crippen LogP contribution is 2.30. The Morgan fingerprint density at radius 3 is 2.44 bits per heavy atom. The van der Waals surface area contributed by atoms with E-state index < -0.39 is 20.6 Å². The van der Waals surface area contributed by atoms with Gasteiger partial charge in [-0.05, 0) is 37.3 Å². The van der Waals surface area contributed by atoms with Crippen molar-refractivity contribution in [1.82, 2.24) is 4.31 Å². The Bertz CT molecular complexity index is 1130. The highest BCUT2D eigenvalue weighted by Gasteiger charge is 2.28. The fraction of sp³-hybridized carbons (Fsp3) is 0.350. The summed E-state index contributed by atoms with van der Waals surface area (Å²) in [5.74, 6) is 1.08. The predicted octanol–water partition coefficient (Wildman–Crippen LogP) is 2.47. The summed E-state index contributed by atoms with van der Waals surface area (Å²) in [6.07, 6.45) is 0. The first-order valence-corrected chi connectivity index (χ1v) is 11.1.